The molecule has 1 atom stereocenters. The number of nitrogens with zero attached hydrogens (tertiary/aromatic N) is 1. The molecule has 0 aliphatic rings. The van der Waals surface area contributed by atoms with Crippen molar-refractivity contribution in [2.45, 2.75) is 19.9 Å². The van der Waals surface area contributed by atoms with Crippen LogP contribution in [0.4, 0.5) is 0 Å². The summed E-state index contributed by atoms with van der Waals surface area (Å²) in [6.45, 7) is 3.74. The molecule has 1 aromatic carbocycles. The number of benzene rings is 1. The molecular formula is C12H15NO3. The minimum absolute atomic E-state index is 0.141. The average molecular weight is 221 g/mol. The zero-order chi connectivity index (χ0) is 12.0. The third-order valence-corrected chi connectivity index (χ3v) is 2.00. The largest absolute Gasteiger partial charge is 0.507 e. The zero-order valence-electron chi connectivity index (χ0n) is 9.38. The highest BCUT2D eigenvalue weighted by Crippen LogP contribution is 2.13. The first-order valence-electron chi connectivity index (χ1n) is 5.13. The quantitative estimate of drug-likeness (QED) is 0.622. The van der Waals surface area contributed by atoms with Gasteiger partial charge in [-0.1, -0.05) is 12.1 Å². The Bertz CT molecular complexity index is 388. The molecule has 0 fully saturated rings. The maximum atomic E-state index is 11.3. The molecule has 0 aliphatic heterocycles. The SMILES string of the molecule is CCOC(=O)[C@@H](C)N=Cc1ccccc1O. The van der Waals surface area contributed by atoms with Crippen LogP contribution in [0.25, 0.3) is 0 Å². The van der Waals surface area contributed by atoms with Gasteiger partial charge < -0.3 is 9.84 Å². The van der Waals surface area contributed by atoms with Crippen molar-refractivity contribution in [2.24, 2.45) is 4.99 Å². The first kappa shape index (κ1) is 12.2. The minimum atomic E-state index is -0.556. The molecule has 1 aromatic rings. The molecule has 0 heterocycles. The summed E-state index contributed by atoms with van der Waals surface area (Å²) in [5.41, 5.74) is 0.582. The van der Waals surface area contributed by atoms with Crippen molar-refractivity contribution in [2.75, 3.05) is 6.61 Å². The van der Waals surface area contributed by atoms with Crippen molar-refractivity contribution in [3.63, 3.8) is 0 Å². The van der Waals surface area contributed by atoms with E-state index in [1.165, 1.54) is 6.21 Å². The fourth-order valence-electron chi connectivity index (χ4n) is 1.11. The highest BCUT2D eigenvalue weighted by atomic mass is 16.5. The molecule has 0 bridgehead atoms. The number of rotatable bonds is 4. The summed E-state index contributed by atoms with van der Waals surface area (Å²) < 4.78 is 4.81. The van der Waals surface area contributed by atoms with Crippen molar-refractivity contribution < 1.29 is 14.6 Å². The van der Waals surface area contributed by atoms with Crippen LogP contribution in [0.5, 0.6) is 5.75 Å². The molecule has 1 rings (SSSR count). The summed E-state index contributed by atoms with van der Waals surface area (Å²) in [6, 6.07) is 6.24. The number of carbonyl (C=O) groups is 1. The third kappa shape index (κ3) is 3.38. The minimum Gasteiger partial charge on any atom is -0.507 e. The van der Waals surface area contributed by atoms with Crippen molar-refractivity contribution in [1.29, 1.82) is 0 Å². The lowest BCUT2D eigenvalue weighted by Crippen LogP contribution is -2.18. The molecule has 86 valence electrons. The number of esters is 1. The highest BCUT2D eigenvalue weighted by molar-refractivity contribution is 5.86. The van der Waals surface area contributed by atoms with Gasteiger partial charge in [0.15, 0.2) is 0 Å². The lowest BCUT2D eigenvalue weighted by molar-refractivity contribution is -0.144. The smallest absolute Gasteiger partial charge is 0.330 e. The van der Waals surface area contributed by atoms with Gasteiger partial charge in [0.2, 0.25) is 0 Å². The predicted octanol–water partition coefficient (Wildman–Crippen LogP) is 1.76. The Morgan fingerprint density at radius 3 is 2.88 bits per heavy atom. The van der Waals surface area contributed by atoms with Crippen LogP contribution in [0, 0.1) is 0 Å². The number of phenols is 1. The lowest BCUT2D eigenvalue weighted by atomic mass is 10.2. The van der Waals surface area contributed by atoms with Gasteiger partial charge in [0.05, 0.1) is 6.61 Å². The van der Waals surface area contributed by atoms with Crippen LogP contribution >= 0.6 is 0 Å². The van der Waals surface area contributed by atoms with Crippen LogP contribution in [0.15, 0.2) is 29.3 Å². The van der Waals surface area contributed by atoms with E-state index in [1.54, 1.807) is 38.1 Å². The Kier molecular flexibility index (Phi) is 4.51. The average Bonchev–Trinajstić information content (AvgIpc) is 2.28. The van der Waals surface area contributed by atoms with Crippen LogP contribution in [0.3, 0.4) is 0 Å². The molecule has 0 radical (unpaired) electrons. The van der Waals surface area contributed by atoms with E-state index in [0.717, 1.165) is 0 Å². The summed E-state index contributed by atoms with van der Waals surface area (Å²) >= 11 is 0. The van der Waals surface area contributed by atoms with Gasteiger partial charge >= 0.3 is 5.97 Å². The second-order valence-corrected chi connectivity index (χ2v) is 3.27. The monoisotopic (exact) mass is 221 g/mol. The van der Waals surface area contributed by atoms with Gasteiger partial charge in [0.25, 0.3) is 0 Å². The first-order chi connectivity index (χ1) is 7.65. The lowest BCUT2D eigenvalue weighted by Gasteiger charge is -2.05. The van der Waals surface area contributed by atoms with Crippen molar-refractivity contribution in [3.8, 4) is 5.75 Å². The first-order valence-corrected chi connectivity index (χ1v) is 5.13. The molecular weight excluding hydrogens is 206 g/mol. The molecule has 16 heavy (non-hydrogen) atoms. The molecule has 4 nitrogen and oxygen atoms in total. The number of hydrogen-bond acceptors (Lipinski definition) is 4. The van der Waals surface area contributed by atoms with Crippen LogP contribution in [0.2, 0.25) is 0 Å². The molecule has 0 saturated heterocycles. The number of carbonyl (C=O) groups excluding carboxylic acids is 1. The number of para-hydroxylation sites is 1. The molecule has 0 aliphatic carbocycles. The fraction of sp³-hybridized carbons (Fsp3) is 0.333. The molecule has 0 saturated carbocycles. The van der Waals surface area contributed by atoms with Crippen LogP contribution in [-0.2, 0) is 9.53 Å². The highest BCUT2D eigenvalue weighted by Gasteiger charge is 2.10. The van der Waals surface area contributed by atoms with Gasteiger partial charge in [-0.15, -0.1) is 0 Å². The maximum absolute atomic E-state index is 11.3. The molecule has 0 spiro atoms. The molecule has 1 N–H and O–H groups in total. The van der Waals surface area contributed by atoms with Crippen molar-refractivity contribution in [3.05, 3.63) is 29.8 Å². The Morgan fingerprint density at radius 2 is 2.25 bits per heavy atom. The second-order valence-electron chi connectivity index (χ2n) is 3.27. The number of aliphatic imine (C=N–C) groups is 1. The normalized spacial score (nSPS) is 12.6. The fourth-order valence-corrected chi connectivity index (χ4v) is 1.11. The van der Waals surface area contributed by atoms with Crippen LogP contribution in [0.1, 0.15) is 19.4 Å². The van der Waals surface area contributed by atoms with E-state index >= 15 is 0 Å². The van der Waals surface area contributed by atoms with E-state index in [9.17, 15) is 9.90 Å². The third-order valence-electron chi connectivity index (χ3n) is 2.00. The Morgan fingerprint density at radius 1 is 1.56 bits per heavy atom. The predicted molar refractivity (Wildman–Crippen MR) is 61.8 cm³/mol. The Labute approximate surface area is 94.6 Å². The number of ether oxygens (including phenoxy) is 1. The number of phenolic OH excluding ortho intramolecular Hbond substituents is 1. The van der Waals surface area contributed by atoms with Gasteiger partial charge in [0.1, 0.15) is 11.8 Å². The van der Waals surface area contributed by atoms with E-state index in [4.69, 9.17) is 4.74 Å². The number of hydrogen-bond donors (Lipinski definition) is 1. The van der Waals surface area contributed by atoms with E-state index in [2.05, 4.69) is 4.99 Å². The van der Waals surface area contributed by atoms with E-state index in [1.807, 2.05) is 0 Å². The maximum Gasteiger partial charge on any atom is 0.330 e. The molecule has 0 amide bonds. The van der Waals surface area contributed by atoms with Crippen LogP contribution < -0.4 is 0 Å². The molecule has 0 unspecified atom stereocenters. The standard InChI is InChI=1S/C12H15NO3/c1-3-16-12(15)9(2)13-8-10-6-4-5-7-11(10)14/h4-9,14H,3H2,1-2H3/t9-/m1/s1. The van der Waals surface area contributed by atoms with Crippen molar-refractivity contribution in [1.82, 2.24) is 0 Å². The van der Waals surface area contributed by atoms with E-state index < -0.39 is 6.04 Å². The van der Waals surface area contributed by atoms with Gasteiger partial charge in [-0.3, -0.25) is 4.99 Å². The molecule has 4 heteroatoms. The van der Waals surface area contributed by atoms with Crippen molar-refractivity contribution >= 4 is 12.2 Å². The summed E-state index contributed by atoms with van der Waals surface area (Å²) in [5.74, 6) is -0.225. The summed E-state index contributed by atoms with van der Waals surface area (Å²) in [6.07, 6.45) is 1.47. The zero-order valence-corrected chi connectivity index (χ0v) is 9.38. The molecule has 0 aromatic heterocycles. The Hall–Kier alpha value is -1.84. The summed E-state index contributed by atoms with van der Waals surface area (Å²) in [7, 11) is 0. The van der Waals surface area contributed by atoms with Gasteiger partial charge in [-0.05, 0) is 26.0 Å². The second kappa shape index (κ2) is 5.90. The summed E-state index contributed by atoms with van der Waals surface area (Å²) in [4.78, 5) is 15.3. The van der Waals surface area contributed by atoms with Crippen LogP contribution in [-0.4, -0.2) is 29.9 Å². The Balaban J connectivity index is 2.67. The summed E-state index contributed by atoms with van der Waals surface area (Å²) in [5, 5.41) is 9.46. The van der Waals surface area contributed by atoms with Gasteiger partial charge in [-0.25, -0.2) is 4.79 Å². The topological polar surface area (TPSA) is 58.9 Å². The van der Waals surface area contributed by atoms with Gasteiger partial charge in [0, 0.05) is 11.8 Å². The van der Waals surface area contributed by atoms with E-state index in [0.29, 0.717) is 12.2 Å². The van der Waals surface area contributed by atoms with Gasteiger partial charge in [-0.2, -0.15) is 0 Å². The number of aromatic hydroxyl groups is 1. The van der Waals surface area contributed by atoms with E-state index in [-0.39, 0.29) is 11.7 Å².